The Morgan fingerprint density at radius 2 is 1.93 bits per heavy atom. The zero-order valence-electron chi connectivity index (χ0n) is 8.64. The summed E-state index contributed by atoms with van der Waals surface area (Å²) in [6, 6.07) is 5.42. The van der Waals surface area contributed by atoms with Crippen LogP contribution in [0.5, 0.6) is 5.75 Å². The van der Waals surface area contributed by atoms with Crippen LogP contribution >= 0.6 is 0 Å². The van der Waals surface area contributed by atoms with Crippen molar-refractivity contribution in [2.45, 2.75) is 23.5 Å². The molecule has 15 heavy (non-hydrogen) atoms. The zero-order chi connectivity index (χ0) is 11.7. The number of benzene rings is 1. The Bertz CT molecular complexity index is 448. The van der Waals surface area contributed by atoms with Gasteiger partial charge in [-0.05, 0) is 32.0 Å². The molecular weight excluding hydrogens is 216 g/mol. The fraction of sp³-hybridized carbons (Fsp3) is 0.400. The SMILES string of the molecule is CC(C)(CO)S(=O)(=O)c1cccc(O)c1. The molecule has 1 aromatic rings. The molecule has 0 saturated carbocycles. The minimum atomic E-state index is -3.62. The first-order chi connectivity index (χ1) is 6.81. The van der Waals surface area contributed by atoms with Crippen molar-refractivity contribution in [2.75, 3.05) is 6.61 Å². The molecule has 84 valence electrons. The molecule has 0 radical (unpaired) electrons. The van der Waals surface area contributed by atoms with Crippen molar-refractivity contribution in [3.05, 3.63) is 24.3 Å². The molecule has 0 aliphatic carbocycles. The predicted octanol–water partition coefficient (Wildman–Crippen LogP) is 0.937. The van der Waals surface area contributed by atoms with E-state index in [0.717, 1.165) is 0 Å². The summed E-state index contributed by atoms with van der Waals surface area (Å²) in [6.45, 7) is 2.41. The van der Waals surface area contributed by atoms with Gasteiger partial charge in [-0.15, -0.1) is 0 Å². The highest BCUT2D eigenvalue weighted by molar-refractivity contribution is 7.92. The Hall–Kier alpha value is -1.07. The number of rotatable bonds is 3. The number of aliphatic hydroxyl groups is 1. The number of aromatic hydroxyl groups is 1. The van der Waals surface area contributed by atoms with E-state index in [1.807, 2.05) is 0 Å². The van der Waals surface area contributed by atoms with Crippen LogP contribution in [0.2, 0.25) is 0 Å². The molecule has 0 aliphatic rings. The Kier molecular flexibility index (Phi) is 3.06. The molecule has 5 heteroatoms. The van der Waals surface area contributed by atoms with Crippen molar-refractivity contribution >= 4 is 9.84 Å². The van der Waals surface area contributed by atoms with Crippen molar-refractivity contribution in [1.82, 2.24) is 0 Å². The van der Waals surface area contributed by atoms with Crippen molar-refractivity contribution < 1.29 is 18.6 Å². The van der Waals surface area contributed by atoms with Crippen LogP contribution in [0.25, 0.3) is 0 Å². The Labute approximate surface area is 89.1 Å². The fourth-order valence-corrected chi connectivity index (χ4v) is 2.40. The third-order valence-corrected chi connectivity index (χ3v) is 4.69. The highest BCUT2D eigenvalue weighted by Crippen LogP contribution is 2.26. The average molecular weight is 230 g/mol. The number of hydrogen-bond acceptors (Lipinski definition) is 4. The second-order valence-corrected chi connectivity index (χ2v) is 6.50. The number of aliphatic hydroxyl groups excluding tert-OH is 1. The lowest BCUT2D eigenvalue weighted by atomic mass is 10.2. The lowest BCUT2D eigenvalue weighted by molar-refractivity contribution is 0.258. The number of phenols is 1. The van der Waals surface area contributed by atoms with E-state index in [2.05, 4.69) is 0 Å². The van der Waals surface area contributed by atoms with Crippen LogP contribution < -0.4 is 0 Å². The van der Waals surface area contributed by atoms with Gasteiger partial charge in [-0.2, -0.15) is 0 Å². The molecule has 2 N–H and O–H groups in total. The molecule has 4 nitrogen and oxygen atoms in total. The Morgan fingerprint density at radius 1 is 1.33 bits per heavy atom. The van der Waals surface area contributed by atoms with Crippen molar-refractivity contribution in [3.63, 3.8) is 0 Å². The maximum absolute atomic E-state index is 12.0. The van der Waals surface area contributed by atoms with Gasteiger partial charge in [0.05, 0.1) is 16.2 Å². The summed E-state index contributed by atoms with van der Waals surface area (Å²) in [6.07, 6.45) is 0. The van der Waals surface area contributed by atoms with Crippen LogP contribution in [0.3, 0.4) is 0 Å². The molecule has 0 heterocycles. The first-order valence-corrected chi connectivity index (χ1v) is 5.94. The van der Waals surface area contributed by atoms with E-state index in [1.54, 1.807) is 0 Å². The summed E-state index contributed by atoms with van der Waals surface area (Å²) in [7, 11) is -3.62. The van der Waals surface area contributed by atoms with E-state index in [9.17, 15) is 13.5 Å². The summed E-state index contributed by atoms with van der Waals surface area (Å²) in [4.78, 5) is 0.0153. The molecule has 0 aliphatic heterocycles. The lowest BCUT2D eigenvalue weighted by Crippen LogP contribution is -2.35. The molecule has 0 fully saturated rings. The largest absolute Gasteiger partial charge is 0.508 e. The molecule has 0 amide bonds. The van der Waals surface area contributed by atoms with Crippen LogP contribution in [0, 0.1) is 0 Å². The topological polar surface area (TPSA) is 74.6 Å². The smallest absolute Gasteiger partial charge is 0.185 e. The van der Waals surface area contributed by atoms with Gasteiger partial charge in [-0.25, -0.2) is 8.42 Å². The van der Waals surface area contributed by atoms with E-state index >= 15 is 0 Å². The third-order valence-electron chi connectivity index (χ3n) is 2.24. The van der Waals surface area contributed by atoms with E-state index in [4.69, 9.17) is 5.11 Å². The summed E-state index contributed by atoms with van der Waals surface area (Å²) < 4.78 is 22.7. The maximum Gasteiger partial charge on any atom is 0.185 e. The van der Waals surface area contributed by atoms with Gasteiger partial charge in [-0.1, -0.05) is 6.07 Å². The predicted molar refractivity (Wildman–Crippen MR) is 56.5 cm³/mol. The minimum absolute atomic E-state index is 0.0153. The monoisotopic (exact) mass is 230 g/mol. The van der Waals surface area contributed by atoms with Gasteiger partial charge >= 0.3 is 0 Å². The van der Waals surface area contributed by atoms with Crippen LogP contribution in [0.4, 0.5) is 0 Å². The van der Waals surface area contributed by atoms with Crippen LogP contribution in [0.1, 0.15) is 13.8 Å². The molecular formula is C10H14O4S. The van der Waals surface area contributed by atoms with Crippen molar-refractivity contribution in [3.8, 4) is 5.75 Å². The highest BCUT2D eigenvalue weighted by Gasteiger charge is 2.35. The number of phenolic OH excluding ortho intramolecular Hbond substituents is 1. The van der Waals surface area contributed by atoms with E-state index in [0.29, 0.717) is 0 Å². The maximum atomic E-state index is 12.0. The van der Waals surface area contributed by atoms with E-state index in [1.165, 1.54) is 38.1 Å². The van der Waals surface area contributed by atoms with Crippen LogP contribution in [0.15, 0.2) is 29.2 Å². The summed E-state index contributed by atoms with van der Waals surface area (Å²) in [5.74, 6) is -0.107. The minimum Gasteiger partial charge on any atom is -0.508 e. The van der Waals surface area contributed by atoms with Gasteiger partial charge in [0.25, 0.3) is 0 Å². The highest BCUT2D eigenvalue weighted by atomic mass is 32.2. The molecule has 0 saturated heterocycles. The molecule has 1 rings (SSSR count). The first kappa shape index (κ1) is 12.0. The quantitative estimate of drug-likeness (QED) is 0.810. The van der Waals surface area contributed by atoms with Crippen molar-refractivity contribution in [1.29, 1.82) is 0 Å². The van der Waals surface area contributed by atoms with Gasteiger partial charge in [-0.3, -0.25) is 0 Å². The van der Waals surface area contributed by atoms with Gasteiger partial charge < -0.3 is 10.2 Å². The van der Waals surface area contributed by atoms with Gasteiger partial charge in [0.1, 0.15) is 5.75 Å². The van der Waals surface area contributed by atoms with Gasteiger partial charge in [0.15, 0.2) is 9.84 Å². The normalized spacial score (nSPS) is 12.7. The molecule has 0 spiro atoms. The third kappa shape index (κ3) is 2.13. The Morgan fingerprint density at radius 3 is 2.40 bits per heavy atom. The van der Waals surface area contributed by atoms with Crippen molar-refractivity contribution in [2.24, 2.45) is 0 Å². The Balaban J connectivity index is 3.30. The van der Waals surface area contributed by atoms with E-state index in [-0.39, 0.29) is 10.6 Å². The number of hydrogen-bond donors (Lipinski definition) is 2. The average Bonchev–Trinajstić information content (AvgIpc) is 2.17. The van der Waals surface area contributed by atoms with E-state index < -0.39 is 21.2 Å². The van der Waals surface area contributed by atoms with Crippen LogP contribution in [-0.4, -0.2) is 30.0 Å². The lowest BCUT2D eigenvalue weighted by Gasteiger charge is -2.21. The van der Waals surface area contributed by atoms with Gasteiger partial charge in [0, 0.05) is 0 Å². The summed E-state index contributed by atoms with van der Waals surface area (Å²) in [5, 5.41) is 18.2. The second kappa shape index (κ2) is 3.83. The second-order valence-electron chi connectivity index (χ2n) is 3.92. The molecule has 0 atom stereocenters. The summed E-state index contributed by atoms with van der Waals surface area (Å²) in [5.41, 5.74) is 0. The van der Waals surface area contributed by atoms with Crippen LogP contribution in [-0.2, 0) is 9.84 Å². The molecule has 0 aromatic heterocycles. The summed E-state index contributed by atoms with van der Waals surface area (Å²) >= 11 is 0. The first-order valence-electron chi connectivity index (χ1n) is 4.46. The van der Waals surface area contributed by atoms with Gasteiger partial charge in [0.2, 0.25) is 0 Å². The molecule has 0 unspecified atom stereocenters. The molecule has 1 aromatic carbocycles. The number of sulfone groups is 1. The fourth-order valence-electron chi connectivity index (χ4n) is 1.05. The molecule has 0 bridgehead atoms. The standard InChI is InChI=1S/C10H14O4S/c1-10(2,7-11)15(13,14)9-5-3-4-8(12)6-9/h3-6,11-12H,7H2,1-2H3. The zero-order valence-corrected chi connectivity index (χ0v) is 9.45.